The molecule has 1 heterocycles. The second kappa shape index (κ2) is 5.38. The quantitative estimate of drug-likeness (QED) is 0.620. The first kappa shape index (κ1) is 13.5. The van der Waals surface area contributed by atoms with Gasteiger partial charge in [-0.15, -0.1) is 0 Å². The Balaban J connectivity index is 2.46. The number of carbonyl (C=O) groups excluding carboxylic acids is 1. The lowest BCUT2D eigenvalue weighted by atomic mass is 9.97. The lowest BCUT2D eigenvalue weighted by Gasteiger charge is -2.35. The fourth-order valence-electron chi connectivity index (χ4n) is 2.66. The van der Waals surface area contributed by atoms with Gasteiger partial charge in [0.15, 0.2) is 5.78 Å². The number of nitro groups is 1. The van der Waals surface area contributed by atoms with Crippen molar-refractivity contribution in [1.29, 1.82) is 0 Å². The van der Waals surface area contributed by atoms with Crippen LogP contribution in [-0.2, 0) is 4.79 Å². The predicted molar refractivity (Wildman–Crippen MR) is 73.5 cm³/mol. The lowest BCUT2D eigenvalue weighted by Crippen LogP contribution is -2.44. The van der Waals surface area contributed by atoms with Gasteiger partial charge in [-0.05, 0) is 44.7 Å². The van der Waals surface area contributed by atoms with E-state index >= 15 is 0 Å². The Morgan fingerprint density at radius 2 is 2.16 bits per heavy atom. The first-order valence-electron chi connectivity index (χ1n) is 6.53. The Labute approximate surface area is 112 Å². The third-order valence-electron chi connectivity index (χ3n) is 3.61. The van der Waals surface area contributed by atoms with Crippen LogP contribution in [0.15, 0.2) is 18.2 Å². The molecule has 0 saturated carbocycles. The highest BCUT2D eigenvalue weighted by atomic mass is 16.6. The molecular formula is C14H18N2O3. The van der Waals surface area contributed by atoms with Gasteiger partial charge >= 0.3 is 0 Å². The minimum Gasteiger partial charge on any atom is -0.356 e. The summed E-state index contributed by atoms with van der Waals surface area (Å²) in [6, 6.07) is 4.83. The molecule has 0 aromatic heterocycles. The monoisotopic (exact) mass is 262 g/mol. The second-order valence-electron chi connectivity index (χ2n) is 5.06. The van der Waals surface area contributed by atoms with Gasteiger partial charge in [-0.25, -0.2) is 0 Å². The fourth-order valence-corrected chi connectivity index (χ4v) is 2.66. The normalized spacial score (nSPS) is 19.3. The van der Waals surface area contributed by atoms with Crippen molar-refractivity contribution in [2.75, 3.05) is 11.4 Å². The molecule has 0 bridgehead atoms. The Hall–Kier alpha value is -1.91. The molecule has 1 saturated heterocycles. The molecule has 0 N–H and O–H groups in total. The Bertz CT molecular complexity index is 513. The first-order chi connectivity index (χ1) is 9.00. The Kier molecular flexibility index (Phi) is 3.83. The number of ketones is 1. The number of piperidine rings is 1. The van der Waals surface area contributed by atoms with E-state index in [0.717, 1.165) is 24.8 Å². The highest BCUT2D eigenvalue weighted by molar-refractivity contribution is 5.86. The number of benzene rings is 1. The zero-order valence-corrected chi connectivity index (χ0v) is 11.3. The van der Waals surface area contributed by atoms with Gasteiger partial charge in [0.2, 0.25) is 0 Å². The van der Waals surface area contributed by atoms with Crippen molar-refractivity contribution >= 4 is 17.2 Å². The molecule has 1 fully saturated rings. The third kappa shape index (κ3) is 2.75. The van der Waals surface area contributed by atoms with Gasteiger partial charge in [0.25, 0.3) is 5.69 Å². The van der Waals surface area contributed by atoms with Crippen LogP contribution in [0.4, 0.5) is 11.4 Å². The van der Waals surface area contributed by atoms with Crippen LogP contribution in [0.3, 0.4) is 0 Å². The standard InChI is InChI=1S/C14H18N2O3/c1-10-6-7-13(16(18)19)14(9-10)15-8-4-3-5-12(15)11(2)17/h6-7,9,12H,3-5,8H2,1-2H3. The van der Waals surface area contributed by atoms with Crippen LogP contribution in [0.25, 0.3) is 0 Å². The number of nitro benzene ring substituents is 1. The average molecular weight is 262 g/mol. The summed E-state index contributed by atoms with van der Waals surface area (Å²) in [5.74, 6) is 0.0792. The zero-order valence-electron chi connectivity index (χ0n) is 11.3. The molecule has 0 radical (unpaired) electrons. The maximum absolute atomic E-state index is 11.7. The number of hydrogen-bond acceptors (Lipinski definition) is 4. The number of carbonyl (C=O) groups is 1. The molecule has 1 aromatic carbocycles. The van der Waals surface area contributed by atoms with Crippen molar-refractivity contribution in [2.24, 2.45) is 0 Å². The highest BCUT2D eigenvalue weighted by Gasteiger charge is 2.30. The number of aryl methyl sites for hydroxylation is 1. The lowest BCUT2D eigenvalue weighted by molar-refractivity contribution is -0.384. The molecule has 0 amide bonds. The molecular weight excluding hydrogens is 244 g/mol. The van der Waals surface area contributed by atoms with Crippen molar-refractivity contribution in [3.8, 4) is 0 Å². The van der Waals surface area contributed by atoms with Gasteiger partial charge < -0.3 is 4.90 Å². The van der Waals surface area contributed by atoms with Crippen molar-refractivity contribution in [3.05, 3.63) is 33.9 Å². The van der Waals surface area contributed by atoms with Crippen LogP contribution < -0.4 is 4.90 Å². The van der Waals surface area contributed by atoms with Crippen LogP contribution in [0.1, 0.15) is 31.7 Å². The summed E-state index contributed by atoms with van der Waals surface area (Å²) >= 11 is 0. The topological polar surface area (TPSA) is 63.5 Å². The maximum atomic E-state index is 11.7. The van der Waals surface area contributed by atoms with E-state index in [0.29, 0.717) is 12.2 Å². The molecule has 19 heavy (non-hydrogen) atoms. The Morgan fingerprint density at radius 1 is 1.42 bits per heavy atom. The smallest absolute Gasteiger partial charge is 0.292 e. The molecule has 1 aliphatic heterocycles. The summed E-state index contributed by atoms with van der Waals surface area (Å²) in [4.78, 5) is 24.4. The van der Waals surface area contributed by atoms with E-state index in [9.17, 15) is 14.9 Å². The molecule has 1 aromatic rings. The zero-order chi connectivity index (χ0) is 14.0. The highest BCUT2D eigenvalue weighted by Crippen LogP contribution is 2.33. The van der Waals surface area contributed by atoms with Crippen LogP contribution in [0, 0.1) is 17.0 Å². The van der Waals surface area contributed by atoms with Gasteiger partial charge in [0.05, 0.1) is 11.0 Å². The summed E-state index contributed by atoms with van der Waals surface area (Å²) in [6.07, 6.45) is 2.75. The van der Waals surface area contributed by atoms with E-state index in [1.807, 2.05) is 11.8 Å². The van der Waals surface area contributed by atoms with Crippen molar-refractivity contribution in [1.82, 2.24) is 0 Å². The summed E-state index contributed by atoms with van der Waals surface area (Å²) in [5.41, 5.74) is 1.62. The van der Waals surface area contributed by atoms with E-state index in [4.69, 9.17) is 0 Å². The van der Waals surface area contributed by atoms with Crippen LogP contribution in [0.2, 0.25) is 0 Å². The maximum Gasteiger partial charge on any atom is 0.292 e. The molecule has 1 unspecified atom stereocenters. The summed E-state index contributed by atoms with van der Waals surface area (Å²) in [5, 5.41) is 11.1. The molecule has 2 rings (SSSR count). The van der Waals surface area contributed by atoms with Gasteiger partial charge in [-0.1, -0.05) is 6.07 Å². The minimum atomic E-state index is -0.374. The predicted octanol–water partition coefficient (Wildman–Crippen LogP) is 2.85. The van der Waals surface area contributed by atoms with Gasteiger partial charge in [-0.3, -0.25) is 14.9 Å². The van der Waals surface area contributed by atoms with Crippen molar-refractivity contribution < 1.29 is 9.72 Å². The fraction of sp³-hybridized carbons (Fsp3) is 0.500. The second-order valence-corrected chi connectivity index (χ2v) is 5.06. The van der Waals surface area contributed by atoms with Crippen LogP contribution >= 0.6 is 0 Å². The Morgan fingerprint density at radius 3 is 2.79 bits per heavy atom. The number of anilines is 1. The van der Waals surface area contributed by atoms with Crippen molar-refractivity contribution in [2.45, 2.75) is 39.2 Å². The molecule has 0 aliphatic carbocycles. The van der Waals surface area contributed by atoms with E-state index < -0.39 is 0 Å². The first-order valence-corrected chi connectivity index (χ1v) is 6.53. The molecule has 1 aliphatic rings. The number of hydrogen-bond donors (Lipinski definition) is 0. The van der Waals surface area contributed by atoms with E-state index in [2.05, 4.69) is 0 Å². The summed E-state index contributed by atoms with van der Waals surface area (Å²) in [6.45, 7) is 4.17. The number of Topliss-reactive ketones (excluding diaryl/α,β-unsaturated/α-hetero) is 1. The number of nitrogens with zero attached hydrogens (tertiary/aromatic N) is 2. The largest absolute Gasteiger partial charge is 0.356 e. The van der Waals surface area contributed by atoms with Gasteiger partial charge in [0.1, 0.15) is 5.69 Å². The van der Waals surface area contributed by atoms with Crippen LogP contribution in [0.5, 0.6) is 0 Å². The summed E-state index contributed by atoms with van der Waals surface area (Å²) in [7, 11) is 0. The molecule has 1 atom stereocenters. The van der Waals surface area contributed by atoms with E-state index in [1.165, 1.54) is 6.07 Å². The van der Waals surface area contributed by atoms with Gasteiger partial charge in [0, 0.05) is 12.6 Å². The molecule has 5 heteroatoms. The van der Waals surface area contributed by atoms with Crippen molar-refractivity contribution in [3.63, 3.8) is 0 Å². The third-order valence-corrected chi connectivity index (χ3v) is 3.61. The molecule has 0 spiro atoms. The minimum absolute atomic E-state index is 0.0792. The van der Waals surface area contributed by atoms with Gasteiger partial charge in [-0.2, -0.15) is 0 Å². The molecule has 102 valence electrons. The molecule has 5 nitrogen and oxygen atoms in total. The summed E-state index contributed by atoms with van der Waals surface area (Å²) < 4.78 is 0. The van der Waals surface area contributed by atoms with Crippen LogP contribution in [-0.4, -0.2) is 23.3 Å². The number of rotatable bonds is 3. The van der Waals surface area contributed by atoms with E-state index in [1.54, 1.807) is 19.1 Å². The van der Waals surface area contributed by atoms with E-state index in [-0.39, 0.29) is 22.4 Å². The SMILES string of the molecule is CC(=O)C1CCCCN1c1cc(C)ccc1[N+](=O)[O-]. The average Bonchev–Trinajstić information content (AvgIpc) is 2.38.